The summed E-state index contributed by atoms with van der Waals surface area (Å²) in [6.07, 6.45) is 5.43. The minimum absolute atomic E-state index is 0.112. The first-order valence-electron chi connectivity index (χ1n) is 7.61. The summed E-state index contributed by atoms with van der Waals surface area (Å²) in [5, 5.41) is 9.02. The Morgan fingerprint density at radius 1 is 1.27 bits per heavy atom. The van der Waals surface area contributed by atoms with E-state index < -0.39 is 11.5 Å². The summed E-state index contributed by atoms with van der Waals surface area (Å²) in [6.45, 7) is 1.58. The molecule has 0 saturated heterocycles. The van der Waals surface area contributed by atoms with E-state index in [1.807, 2.05) is 0 Å². The molecule has 1 N–H and O–H groups in total. The van der Waals surface area contributed by atoms with E-state index in [-0.39, 0.29) is 24.1 Å². The van der Waals surface area contributed by atoms with Gasteiger partial charge in [-0.15, -0.1) is 0 Å². The molecule has 0 unspecified atom stereocenters. The van der Waals surface area contributed by atoms with Gasteiger partial charge in [0, 0.05) is 18.8 Å². The zero-order valence-corrected chi connectivity index (χ0v) is 13.0. The molecule has 2 rings (SSSR count). The van der Waals surface area contributed by atoms with Gasteiger partial charge in [0.1, 0.15) is 12.1 Å². The molecule has 1 fully saturated rings. The van der Waals surface area contributed by atoms with Gasteiger partial charge in [-0.2, -0.15) is 0 Å². The van der Waals surface area contributed by atoms with E-state index in [1.165, 1.54) is 17.1 Å². The van der Waals surface area contributed by atoms with Gasteiger partial charge >= 0.3 is 5.97 Å². The average Bonchev–Trinajstić information content (AvgIpc) is 2.50. The highest BCUT2D eigenvalue weighted by Crippen LogP contribution is 2.21. The molecular weight excluding hydrogens is 284 g/mol. The second-order valence-corrected chi connectivity index (χ2v) is 5.88. The van der Waals surface area contributed by atoms with E-state index in [9.17, 15) is 14.4 Å². The van der Waals surface area contributed by atoms with Crippen molar-refractivity contribution in [2.45, 2.75) is 51.6 Å². The number of amides is 1. The maximum Gasteiger partial charge on any atom is 0.341 e. The SMILES string of the molecule is Cc1ccc(C(=O)O)c(=O)n1CC(=O)N(C)C1CCCCC1. The van der Waals surface area contributed by atoms with E-state index >= 15 is 0 Å². The normalized spacial score (nSPS) is 15.5. The molecular formula is C16H22N2O4. The molecule has 0 spiro atoms. The molecule has 1 aliphatic carbocycles. The highest BCUT2D eigenvalue weighted by atomic mass is 16.4. The van der Waals surface area contributed by atoms with Gasteiger partial charge in [-0.3, -0.25) is 9.59 Å². The Morgan fingerprint density at radius 3 is 2.50 bits per heavy atom. The first-order chi connectivity index (χ1) is 10.4. The second kappa shape index (κ2) is 6.77. The van der Waals surface area contributed by atoms with Crippen LogP contribution >= 0.6 is 0 Å². The quantitative estimate of drug-likeness (QED) is 0.917. The topological polar surface area (TPSA) is 79.6 Å². The molecule has 6 nitrogen and oxygen atoms in total. The predicted molar refractivity (Wildman–Crippen MR) is 82.0 cm³/mol. The van der Waals surface area contributed by atoms with Crippen LogP contribution in [-0.4, -0.2) is 39.5 Å². The van der Waals surface area contributed by atoms with Crippen LogP contribution in [0.5, 0.6) is 0 Å². The molecule has 0 bridgehead atoms. The number of aromatic carboxylic acids is 1. The molecule has 1 aliphatic rings. The molecule has 6 heteroatoms. The smallest absolute Gasteiger partial charge is 0.341 e. The molecule has 1 aromatic heterocycles. The maximum atomic E-state index is 12.4. The molecule has 22 heavy (non-hydrogen) atoms. The number of carbonyl (C=O) groups is 2. The molecule has 0 atom stereocenters. The van der Waals surface area contributed by atoms with Crippen molar-refractivity contribution in [2.75, 3.05) is 7.05 Å². The summed E-state index contributed by atoms with van der Waals surface area (Å²) in [5.74, 6) is -1.42. The molecule has 0 aliphatic heterocycles. The van der Waals surface area contributed by atoms with Gasteiger partial charge in [-0.1, -0.05) is 19.3 Å². The number of carboxylic acids is 1. The minimum atomic E-state index is -1.27. The number of pyridine rings is 1. The minimum Gasteiger partial charge on any atom is -0.477 e. The van der Waals surface area contributed by atoms with Crippen LogP contribution in [0.1, 0.15) is 48.2 Å². The Hall–Kier alpha value is -2.11. The number of likely N-dealkylation sites (N-methyl/N-ethyl adjacent to an activating group) is 1. The number of aryl methyl sites for hydroxylation is 1. The van der Waals surface area contributed by atoms with Gasteiger partial charge in [0.2, 0.25) is 5.91 Å². The van der Waals surface area contributed by atoms with E-state index in [1.54, 1.807) is 24.9 Å². The number of aromatic nitrogens is 1. The lowest BCUT2D eigenvalue weighted by atomic mass is 9.94. The molecule has 1 amide bonds. The Bertz CT molecular complexity index is 630. The van der Waals surface area contributed by atoms with E-state index in [4.69, 9.17) is 5.11 Å². The van der Waals surface area contributed by atoms with E-state index in [0.29, 0.717) is 5.69 Å². The fourth-order valence-corrected chi connectivity index (χ4v) is 2.95. The number of rotatable bonds is 4. The van der Waals surface area contributed by atoms with Gasteiger partial charge in [-0.25, -0.2) is 4.79 Å². The fourth-order valence-electron chi connectivity index (χ4n) is 2.95. The number of hydrogen-bond donors (Lipinski definition) is 1. The number of carboxylic acid groups (broad SMARTS) is 1. The Morgan fingerprint density at radius 2 is 1.91 bits per heavy atom. The molecule has 1 heterocycles. The number of hydrogen-bond acceptors (Lipinski definition) is 3. The Balaban J connectivity index is 2.19. The van der Waals surface area contributed by atoms with Crippen LogP contribution in [0.25, 0.3) is 0 Å². The lowest BCUT2D eigenvalue weighted by Crippen LogP contribution is -2.42. The Labute approximate surface area is 129 Å². The van der Waals surface area contributed by atoms with E-state index in [0.717, 1.165) is 25.7 Å². The molecule has 1 saturated carbocycles. The summed E-state index contributed by atoms with van der Waals surface area (Å²) < 4.78 is 1.24. The molecule has 120 valence electrons. The van der Waals surface area contributed by atoms with Crippen molar-refractivity contribution >= 4 is 11.9 Å². The van der Waals surface area contributed by atoms with Crippen molar-refractivity contribution < 1.29 is 14.7 Å². The zero-order valence-electron chi connectivity index (χ0n) is 13.0. The van der Waals surface area contributed by atoms with Crippen molar-refractivity contribution in [2.24, 2.45) is 0 Å². The first kappa shape index (κ1) is 16.3. The number of carbonyl (C=O) groups excluding carboxylic acids is 1. The zero-order chi connectivity index (χ0) is 16.3. The fraction of sp³-hybridized carbons (Fsp3) is 0.562. The van der Waals surface area contributed by atoms with Crippen LogP contribution in [0, 0.1) is 6.92 Å². The number of nitrogens with zero attached hydrogens (tertiary/aromatic N) is 2. The van der Waals surface area contributed by atoms with Crippen LogP contribution in [0.3, 0.4) is 0 Å². The maximum absolute atomic E-state index is 12.4. The summed E-state index contributed by atoms with van der Waals surface area (Å²) in [4.78, 5) is 37.3. The van der Waals surface area contributed by atoms with Crippen molar-refractivity contribution in [1.82, 2.24) is 9.47 Å². The monoisotopic (exact) mass is 306 g/mol. The molecule has 0 aromatic carbocycles. The standard InChI is InChI=1S/C16H22N2O4/c1-11-8-9-13(16(21)22)15(20)18(11)10-14(19)17(2)12-6-4-3-5-7-12/h8-9,12H,3-7,10H2,1-2H3,(H,21,22). The van der Waals surface area contributed by atoms with Crippen molar-refractivity contribution in [1.29, 1.82) is 0 Å². The third-order valence-corrected chi connectivity index (χ3v) is 4.43. The highest BCUT2D eigenvalue weighted by Gasteiger charge is 2.23. The van der Waals surface area contributed by atoms with Gasteiger partial charge in [0.15, 0.2) is 0 Å². The van der Waals surface area contributed by atoms with Gasteiger partial charge in [0.25, 0.3) is 5.56 Å². The van der Waals surface area contributed by atoms with E-state index in [2.05, 4.69) is 0 Å². The summed E-state index contributed by atoms with van der Waals surface area (Å²) in [7, 11) is 1.76. The van der Waals surface area contributed by atoms with Crippen molar-refractivity contribution in [3.63, 3.8) is 0 Å². The molecule has 0 radical (unpaired) electrons. The Kier molecular flexibility index (Phi) is 5.00. The van der Waals surface area contributed by atoms with Gasteiger partial charge in [-0.05, 0) is 31.9 Å². The lowest BCUT2D eigenvalue weighted by molar-refractivity contribution is -0.133. The summed E-state index contributed by atoms with van der Waals surface area (Å²) in [5.41, 5.74) is -0.350. The largest absolute Gasteiger partial charge is 0.477 e. The van der Waals surface area contributed by atoms with Gasteiger partial charge in [0.05, 0.1) is 0 Å². The molecule has 1 aromatic rings. The van der Waals surface area contributed by atoms with Crippen LogP contribution in [0.15, 0.2) is 16.9 Å². The highest BCUT2D eigenvalue weighted by molar-refractivity contribution is 5.87. The average molecular weight is 306 g/mol. The van der Waals surface area contributed by atoms with Gasteiger partial charge < -0.3 is 14.6 Å². The van der Waals surface area contributed by atoms with Crippen LogP contribution in [0.4, 0.5) is 0 Å². The predicted octanol–water partition coefficient (Wildman–Crippen LogP) is 1.65. The summed E-state index contributed by atoms with van der Waals surface area (Å²) in [6, 6.07) is 3.06. The first-order valence-corrected chi connectivity index (χ1v) is 7.61. The lowest BCUT2D eigenvalue weighted by Gasteiger charge is -2.31. The van der Waals surface area contributed by atoms with Crippen LogP contribution in [0.2, 0.25) is 0 Å². The van der Waals surface area contributed by atoms with Crippen molar-refractivity contribution in [3.05, 3.63) is 33.7 Å². The second-order valence-electron chi connectivity index (χ2n) is 5.88. The third kappa shape index (κ3) is 3.37. The summed E-state index contributed by atoms with van der Waals surface area (Å²) >= 11 is 0. The third-order valence-electron chi connectivity index (χ3n) is 4.43. The van der Waals surface area contributed by atoms with Crippen molar-refractivity contribution in [3.8, 4) is 0 Å². The van der Waals surface area contributed by atoms with Crippen LogP contribution in [-0.2, 0) is 11.3 Å². The van der Waals surface area contributed by atoms with Crippen LogP contribution < -0.4 is 5.56 Å².